The number of aromatic nitrogens is 3. The fourth-order valence-electron chi connectivity index (χ4n) is 8.82. The molecule has 12 rings (SSSR count). The molecule has 0 amide bonds. The second kappa shape index (κ2) is 23.7. The van der Waals surface area contributed by atoms with Gasteiger partial charge in [0.2, 0.25) is 0 Å². The van der Waals surface area contributed by atoms with Gasteiger partial charge in [0, 0.05) is 70.4 Å². The molecule has 6 aromatic heterocycles. The number of anilines is 3. The summed E-state index contributed by atoms with van der Waals surface area (Å²) in [7, 11) is 0. The molecule has 12 aromatic rings. The van der Waals surface area contributed by atoms with Gasteiger partial charge in [0.1, 0.15) is 0 Å². The monoisotopic (exact) mass is 1240 g/mol. The number of nitrogens with zero attached hydrogens (tertiary/aromatic N) is 6. The number of para-hydroxylation sites is 3. The van der Waals surface area contributed by atoms with E-state index in [1.807, 2.05) is 127 Å². The zero-order chi connectivity index (χ0) is 52.2. The molecule has 12 nitrogen and oxygen atoms in total. The molecule has 0 aliphatic carbocycles. The van der Waals surface area contributed by atoms with Crippen molar-refractivity contribution in [3.8, 4) is 31.7 Å². The molecule has 0 aliphatic heterocycles. The molecule has 76 heavy (non-hydrogen) atoms. The average molecular weight is 1240 g/mol. The van der Waals surface area contributed by atoms with Gasteiger partial charge in [0.15, 0.2) is 0 Å². The number of hydrogen-bond donors (Lipinski definition) is 0. The maximum Gasteiger partial charge on any atom is 3.00 e. The SMILES string of the molecule is CCN(CC)c1ccc2[c-]c(-c3nc4ccccc4s3)c(=O)oc2c1.CCN(CC)c1ccc2[c-]c(-c3nc4ccccc4s3)c(=O)oc2c1.CCN(CC)c1ccc2[c-]c(-c3nc4ccccc4s3)c(=O)oc2c1.[Ir+3]. The van der Waals surface area contributed by atoms with Crippen LogP contribution < -0.4 is 31.6 Å². The van der Waals surface area contributed by atoms with Gasteiger partial charge in [-0.2, -0.15) is 34.0 Å². The molecule has 6 heterocycles. The maximum atomic E-state index is 12.5. The van der Waals surface area contributed by atoms with Crippen molar-refractivity contribution in [2.45, 2.75) is 41.5 Å². The molecule has 0 N–H and O–H groups in total. The van der Waals surface area contributed by atoms with E-state index in [-0.39, 0.29) is 20.1 Å². The maximum absolute atomic E-state index is 12.5. The van der Waals surface area contributed by atoms with Gasteiger partial charge in [0.25, 0.3) is 16.9 Å². The van der Waals surface area contributed by atoms with Crippen LogP contribution in [-0.2, 0) is 20.1 Å². The van der Waals surface area contributed by atoms with Gasteiger partial charge in [-0.15, -0.1) is 36.4 Å². The van der Waals surface area contributed by atoms with Crippen LogP contribution in [0.4, 0.5) is 17.1 Å². The van der Waals surface area contributed by atoms with Gasteiger partial charge in [-0.25, -0.2) is 0 Å². The quantitative estimate of drug-likeness (QED) is 0.0850. The van der Waals surface area contributed by atoms with Crippen molar-refractivity contribution in [2.75, 3.05) is 54.0 Å². The van der Waals surface area contributed by atoms with Crippen molar-refractivity contribution in [1.29, 1.82) is 0 Å². The summed E-state index contributed by atoms with van der Waals surface area (Å²) in [4.78, 5) is 57.7. The Morgan fingerprint density at radius 3 is 0.908 bits per heavy atom. The summed E-state index contributed by atoms with van der Waals surface area (Å²) in [6, 6.07) is 50.8. The molecule has 16 heteroatoms. The molecule has 0 unspecified atom stereocenters. The first kappa shape index (κ1) is 53.5. The summed E-state index contributed by atoms with van der Waals surface area (Å²) in [5.74, 6) is 0. The Balaban J connectivity index is 0.000000138. The fourth-order valence-corrected chi connectivity index (χ4v) is 11.7. The molecule has 6 aromatic carbocycles. The van der Waals surface area contributed by atoms with E-state index in [4.69, 9.17) is 13.3 Å². The number of fused-ring (bicyclic) bond motifs is 6. The van der Waals surface area contributed by atoms with Crippen LogP contribution in [0.5, 0.6) is 0 Å². The molecule has 0 radical (unpaired) electrons. The van der Waals surface area contributed by atoms with E-state index < -0.39 is 16.9 Å². The van der Waals surface area contributed by atoms with Crippen molar-refractivity contribution in [3.63, 3.8) is 0 Å². The zero-order valence-electron chi connectivity index (χ0n) is 42.6. The Morgan fingerprint density at radius 1 is 0.395 bits per heavy atom. The first-order valence-electron chi connectivity index (χ1n) is 24.9. The molecule has 0 fully saturated rings. The summed E-state index contributed by atoms with van der Waals surface area (Å²) in [5, 5.41) is 4.28. The van der Waals surface area contributed by atoms with E-state index in [9.17, 15) is 14.4 Å². The Morgan fingerprint density at radius 2 is 0.658 bits per heavy atom. The Bertz CT molecular complexity index is 3660. The minimum Gasteiger partial charge on any atom is -0.496 e. The Kier molecular flexibility index (Phi) is 16.7. The van der Waals surface area contributed by atoms with Crippen LogP contribution in [0.3, 0.4) is 0 Å². The third kappa shape index (κ3) is 11.1. The molecule has 0 spiro atoms. The second-order valence-corrected chi connectivity index (χ2v) is 20.3. The molecule has 0 aliphatic rings. The Labute approximate surface area is 463 Å². The smallest absolute Gasteiger partial charge is 0.496 e. The molecular weight excluding hydrogens is 1190 g/mol. The van der Waals surface area contributed by atoms with Crippen LogP contribution in [0.2, 0.25) is 0 Å². The third-order valence-electron chi connectivity index (χ3n) is 12.8. The average Bonchev–Trinajstić information content (AvgIpc) is 4.20. The van der Waals surface area contributed by atoms with E-state index in [0.29, 0.717) is 48.5 Å². The first-order chi connectivity index (χ1) is 36.6. The standard InChI is InChI=1S/3C20H17N2O2S.Ir/c3*1-3-22(4-2)14-10-9-13-11-15(20(23)24-17(13)12-14)19-21-16-7-5-6-8-18(16)25-19;/h3*5-10,12H,3-4H2,1-2H3;/q3*-1;+3. The van der Waals surface area contributed by atoms with Crippen molar-refractivity contribution in [2.24, 2.45) is 0 Å². The number of hydrogen-bond acceptors (Lipinski definition) is 15. The van der Waals surface area contributed by atoms with Crippen molar-refractivity contribution in [1.82, 2.24) is 15.0 Å². The van der Waals surface area contributed by atoms with Crippen molar-refractivity contribution >= 4 is 115 Å². The first-order valence-corrected chi connectivity index (χ1v) is 27.4. The normalized spacial score (nSPS) is 11.1. The minimum absolute atomic E-state index is 0. The van der Waals surface area contributed by atoms with Crippen LogP contribution in [0.15, 0.2) is 155 Å². The van der Waals surface area contributed by atoms with E-state index >= 15 is 0 Å². The van der Waals surface area contributed by atoms with E-state index in [1.54, 1.807) is 0 Å². The van der Waals surface area contributed by atoms with Crippen LogP contribution in [0, 0.1) is 18.2 Å². The van der Waals surface area contributed by atoms with Gasteiger partial charge < -0.3 is 28.0 Å². The molecule has 0 saturated heterocycles. The van der Waals surface area contributed by atoms with Gasteiger partial charge in [-0.3, -0.25) is 29.3 Å². The van der Waals surface area contributed by atoms with Gasteiger partial charge in [0.05, 0.1) is 48.3 Å². The summed E-state index contributed by atoms with van der Waals surface area (Å²) in [6.07, 6.45) is 0. The third-order valence-corrected chi connectivity index (χ3v) is 16.0. The summed E-state index contributed by atoms with van der Waals surface area (Å²) >= 11 is 4.43. The zero-order valence-corrected chi connectivity index (χ0v) is 47.4. The largest absolute Gasteiger partial charge is 3.00 e. The van der Waals surface area contributed by atoms with Gasteiger partial charge in [-0.05, 0) is 113 Å². The van der Waals surface area contributed by atoms with E-state index in [1.165, 1.54) is 34.0 Å². The number of benzene rings is 6. The number of thiazole rings is 3. The van der Waals surface area contributed by atoms with Crippen LogP contribution in [-0.4, -0.2) is 54.2 Å². The summed E-state index contributed by atoms with van der Waals surface area (Å²) in [6.45, 7) is 18.0. The summed E-state index contributed by atoms with van der Waals surface area (Å²) < 4.78 is 19.9. The number of rotatable bonds is 12. The molecule has 384 valence electrons. The van der Waals surface area contributed by atoms with E-state index in [2.05, 4.69) is 89.4 Å². The predicted molar refractivity (Wildman–Crippen MR) is 310 cm³/mol. The van der Waals surface area contributed by atoms with Crippen molar-refractivity contribution in [3.05, 3.63) is 177 Å². The summed E-state index contributed by atoms with van der Waals surface area (Å²) in [5.41, 5.74) is 7.42. The van der Waals surface area contributed by atoms with Crippen LogP contribution >= 0.6 is 34.0 Å². The Hall–Kier alpha value is -7.33. The van der Waals surface area contributed by atoms with Crippen molar-refractivity contribution < 1.29 is 33.4 Å². The van der Waals surface area contributed by atoms with Gasteiger partial charge >= 0.3 is 20.1 Å². The minimum atomic E-state index is -0.400. The van der Waals surface area contributed by atoms with Crippen LogP contribution in [0.1, 0.15) is 41.5 Å². The molecular formula is C60H51IrN6O6S3. The topological polar surface area (TPSA) is 139 Å². The van der Waals surface area contributed by atoms with Crippen LogP contribution in [0.25, 0.3) is 95.3 Å². The fraction of sp³-hybridized carbons (Fsp3) is 0.200. The molecule has 0 saturated carbocycles. The molecule has 0 bridgehead atoms. The van der Waals surface area contributed by atoms with Gasteiger partial charge in [-0.1, -0.05) is 70.8 Å². The predicted octanol–water partition coefficient (Wildman–Crippen LogP) is 14.1. The van der Waals surface area contributed by atoms with E-state index in [0.717, 1.165) is 103 Å². The molecule has 0 atom stereocenters. The second-order valence-electron chi connectivity index (χ2n) is 17.2.